The summed E-state index contributed by atoms with van der Waals surface area (Å²) in [5.41, 5.74) is 0.557. The van der Waals surface area contributed by atoms with Gasteiger partial charge in [-0.3, -0.25) is 0 Å². The van der Waals surface area contributed by atoms with Crippen molar-refractivity contribution in [3.05, 3.63) is 42.0 Å². The standard InChI is InChI=1S/C30H44F2O/c1-3-5-22-8-16-26(17-9-22)27-18-19-28(30(32)29(27)31)33-20-23-10-14-25(15-11-23)24-12-6-21(4-2)7-13-24/h4,18-19,21-26H,2-3,5-17,20H2,1H3. The number of ether oxygens (including phenoxy) is 1. The van der Waals surface area contributed by atoms with Crippen molar-refractivity contribution >= 4 is 0 Å². The molecule has 0 amide bonds. The summed E-state index contributed by atoms with van der Waals surface area (Å²) in [4.78, 5) is 0. The van der Waals surface area contributed by atoms with Crippen LogP contribution in [-0.4, -0.2) is 6.61 Å². The molecular formula is C30H44F2O. The lowest BCUT2D eigenvalue weighted by Crippen LogP contribution is -2.27. The maximum Gasteiger partial charge on any atom is 0.200 e. The van der Waals surface area contributed by atoms with E-state index in [1.165, 1.54) is 51.4 Å². The predicted molar refractivity (Wildman–Crippen MR) is 133 cm³/mol. The Bertz CT molecular complexity index is 751. The van der Waals surface area contributed by atoms with Crippen LogP contribution in [0.2, 0.25) is 0 Å². The van der Waals surface area contributed by atoms with Crippen LogP contribution in [0.5, 0.6) is 5.75 Å². The van der Waals surface area contributed by atoms with Gasteiger partial charge in [0.15, 0.2) is 11.6 Å². The van der Waals surface area contributed by atoms with Crippen molar-refractivity contribution in [2.75, 3.05) is 6.61 Å². The summed E-state index contributed by atoms with van der Waals surface area (Å²) in [7, 11) is 0. The van der Waals surface area contributed by atoms with Crippen molar-refractivity contribution in [1.29, 1.82) is 0 Å². The van der Waals surface area contributed by atoms with Gasteiger partial charge < -0.3 is 4.74 Å². The van der Waals surface area contributed by atoms with Crippen molar-refractivity contribution in [3.8, 4) is 5.75 Å². The summed E-state index contributed by atoms with van der Waals surface area (Å²) in [6.45, 7) is 6.69. The van der Waals surface area contributed by atoms with Gasteiger partial charge in [-0.05, 0) is 124 Å². The van der Waals surface area contributed by atoms with E-state index in [0.29, 0.717) is 18.1 Å². The van der Waals surface area contributed by atoms with Crippen molar-refractivity contribution in [3.63, 3.8) is 0 Å². The van der Waals surface area contributed by atoms with Crippen molar-refractivity contribution < 1.29 is 13.5 Å². The van der Waals surface area contributed by atoms with Crippen molar-refractivity contribution in [1.82, 2.24) is 0 Å². The molecule has 0 spiro atoms. The quantitative estimate of drug-likeness (QED) is 0.353. The lowest BCUT2D eigenvalue weighted by Gasteiger charge is -2.37. The molecule has 1 aromatic carbocycles. The smallest absolute Gasteiger partial charge is 0.200 e. The van der Waals surface area contributed by atoms with E-state index in [9.17, 15) is 8.78 Å². The van der Waals surface area contributed by atoms with Gasteiger partial charge in [-0.2, -0.15) is 4.39 Å². The molecule has 3 aliphatic carbocycles. The summed E-state index contributed by atoms with van der Waals surface area (Å²) in [5.74, 6) is 2.46. The van der Waals surface area contributed by atoms with Crippen molar-refractivity contribution in [2.24, 2.45) is 29.6 Å². The fourth-order valence-electron chi connectivity index (χ4n) is 7.03. The van der Waals surface area contributed by atoms with Crippen LogP contribution < -0.4 is 4.74 Å². The lowest BCUT2D eigenvalue weighted by molar-refractivity contribution is 0.127. The second kappa shape index (κ2) is 11.8. The SMILES string of the molecule is C=CC1CCC(C2CCC(COc3ccc(C4CCC(CCC)CC4)c(F)c3F)CC2)CC1. The van der Waals surface area contributed by atoms with Crippen LogP contribution in [0.15, 0.2) is 24.8 Å². The third-order valence-corrected chi connectivity index (χ3v) is 9.24. The first-order chi connectivity index (χ1) is 16.1. The Hall–Kier alpha value is -1.38. The molecule has 33 heavy (non-hydrogen) atoms. The van der Waals surface area contributed by atoms with Gasteiger partial charge in [0, 0.05) is 0 Å². The number of hydrogen-bond acceptors (Lipinski definition) is 1. The Labute approximate surface area is 200 Å². The minimum Gasteiger partial charge on any atom is -0.490 e. The average molecular weight is 459 g/mol. The molecule has 3 aliphatic rings. The third kappa shape index (κ3) is 6.20. The second-order valence-electron chi connectivity index (χ2n) is 11.3. The molecule has 0 unspecified atom stereocenters. The van der Waals surface area contributed by atoms with E-state index in [1.807, 2.05) is 0 Å². The lowest BCUT2D eigenvalue weighted by atomic mass is 9.69. The number of benzene rings is 1. The maximum absolute atomic E-state index is 14.9. The molecule has 0 aliphatic heterocycles. The van der Waals surface area contributed by atoms with Crippen LogP contribution in [0.4, 0.5) is 8.78 Å². The summed E-state index contributed by atoms with van der Waals surface area (Å²) < 4.78 is 35.6. The van der Waals surface area contributed by atoms with E-state index in [2.05, 4.69) is 19.6 Å². The fourth-order valence-corrected chi connectivity index (χ4v) is 7.03. The second-order valence-corrected chi connectivity index (χ2v) is 11.3. The Morgan fingerprint density at radius 2 is 1.42 bits per heavy atom. The van der Waals surface area contributed by atoms with Crippen LogP contribution in [0.3, 0.4) is 0 Å². The first kappa shape index (κ1) is 24.7. The van der Waals surface area contributed by atoms with E-state index < -0.39 is 11.6 Å². The molecule has 0 bridgehead atoms. The molecule has 3 saturated carbocycles. The van der Waals surface area contributed by atoms with Crippen LogP contribution in [0.1, 0.15) is 108 Å². The van der Waals surface area contributed by atoms with Crippen molar-refractivity contribution in [2.45, 2.75) is 103 Å². The molecule has 4 rings (SSSR count). The Balaban J connectivity index is 1.24. The highest BCUT2D eigenvalue weighted by Crippen LogP contribution is 2.42. The highest BCUT2D eigenvalue weighted by atomic mass is 19.2. The van der Waals surface area contributed by atoms with Gasteiger partial charge in [0.1, 0.15) is 0 Å². The minimum absolute atomic E-state index is 0.0980. The van der Waals surface area contributed by atoms with Gasteiger partial charge in [-0.1, -0.05) is 31.9 Å². The zero-order chi connectivity index (χ0) is 23.2. The zero-order valence-corrected chi connectivity index (χ0v) is 20.7. The number of allylic oxidation sites excluding steroid dienone is 1. The highest BCUT2D eigenvalue weighted by Gasteiger charge is 2.31. The van der Waals surface area contributed by atoms with Crippen LogP contribution in [-0.2, 0) is 0 Å². The molecule has 0 atom stereocenters. The molecule has 0 saturated heterocycles. The topological polar surface area (TPSA) is 9.23 Å². The first-order valence-corrected chi connectivity index (χ1v) is 13.8. The minimum atomic E-state index is -0.782. The van der Waals surface area contributed by atoms with E-state index in [0.717, 1.165) is 62.2 Å². The van der Waals surface area contributed by atoms with Crippen LogP contribution >= 0.6 is 0 Å². The summed E-state index contributed by atoms with van der Waals surface area (Å²) >= 11 is 0. The van der Waals surface area contributed by atoms with E-state index in [1.54, 1.807) is 12.1 Å². The number of hydrogen-bond donors (Lipinski definition) is 0. The van der Waals surface area contributed by atoms with Gasteiger partial charge in [-0.25, -0.2) is 4.39 Å². The molecule has 1 nitrogen and oxygen atoms in total. The number of rotatable bonds is 8. The summed E-state index contributed by atoms with van der Waals surface area (Å²) in [6.07, 6.45) is 18.9. The van der Waals surface area contributed by atoms with E-state index in [-0.39, 0.29) is 11.7 Å². The maximum atomic E-state index is 14.9. The molecule has 0 radical (unpaired) electrons. The fraction of sp³-hybridized carbons (Fsp3) is 0.733. The monoisotopic (exact) mass is 458 g/mol. The Morgan fingerprint density at radius 3 is 2.03 bits per heavy atom. The van der Waals surface area contributed by atoms with Gasteiger partial charge in [0.2, 0.25) is 5.82 Å². The van der Waals surface area contributed by atoms with Crippen LogP contribution in [0.25, 0.3) is 0 Å². The molecule has 3 heteroatoms. The Morgan fingerprint density at radius 1 is 0.818 bits per heavy atom. The zero-order valence-electron chi connectivity index (χ0n) is 20.7. The average Bonchev–Trinajstić information content (AvgIpc) is 2.86. The number of halogens is 2. The first-order valence-electron chi connectivity index (χ1n) is 13.8. The van der Waals surface area contributed by atoms with Gasteiger partial charge >= 0.3 is 0 Å². The molecular weight excluding hydrogens is 414 g/mol. The molecule has 0 N–H and O–H groups in total. The normalized spacial score (nSPS) is 32.9. The Kier molecular flexibility index (Phi) is 8.88. The van der Waals surface area contributed by atoms with Crippen LogP contribution in [0, 0.1) is 41.2 Å². The van der Waals surface area contributed by atoms with Gasteiger partial charge in [0.25, 0.3) is 0 Å². The molecule has 3 fully saturated rings. The highest BCUT2D eigenvalue weighted by molar-refractivity contribution is 5.33. The molecule has 0 heterocycles. The largest absolute Gasteiger partial charge is 0.490 e. The third-order valence-electron chi connectivity index (χ3n) is 9.24. The van der Waals surface area contributed by atoms with E-state index in [4.69, 9.17) is 4.74 Å². The summed E-state index contributed by atoms with van der Waals surface area (Å²) in [6, 6.07) is 3.46. The summed E-state index contributed by atoms with van der Waals surface area (Å²) in [5, 5.41) is 0. The molecule has 0 aromatic heterocycles. The molecule has 184 valence electrons. The van der Waals surface area contributed by atoms with E-state index >= 15 is 0 Å². The molecule has 1 aromatic rings. The predicted octanol–water partition coefficient (Wildman–Crippen LogP) is 9.22. The van der Waals surface area contributed by atoms with Gasteiger partial charge in [0.05, 0.1) is 6.61 Å². The van der Waals surface area contributed by atoms with Gasteiger partial charge in [-0.15, -0.1) is 6.58 Å².